The molecule has 1 aromatic heterocycles. The molecule has 1 rings (SSSR count). The summed E-state index contributed by atoms with van der Waals surface area (Å²) >= 11 is 0. The van der Waals surface area contributed by atoms with Crippen molar-refractivity contribution in [3.05, 3.63) is 24.0 Å². The predicted octanol–water partition coefficient (Wildman–Crippen LogP) is 2.54. The second kappa shape index (κ2) is 6.40. The van der Waals surface area contributed by atoms with Crippen LogP contribution in [-0.4, -0.2) is 18.6 Å². The molecule has 0 bridgehead atoms. The lowest BCUT2D eigenvalue weighted by molar-refractivity contribution is 0.316. The molecule has 0 amide bonds. The highest BCUT2D eigenvalue weighted by Crippen LogP contribution is 2.16. The second-order valence-corrected chi connectivity index (χ2v) is 3.52. The molecule has 3 nitrogen and oxygen atoms in total. The number of nitrogens with one attached hydrogen (secondary N) is 1. The molecule has 1 atom stereocenters. The van der Waals surface area contributed by atoms with Crippen LogP contribution in [0, 0.1) is 0 Å². The van der Waals surface area contributed by atoms with Gasteiger partial charge in [0.2, 0.25) is 0 Å². The molecule has 1 aromatic rings. The maximum absolute atomic E-state index is 5.47. The average Bonchev–Trinajstić information content (AvgIpc) is 2.29. The van der Waals surface area contributed by atoms with Crippen LogP contribution in [0.3, 0.4) is 0 Å². The van der Waals surface area contributed by atoms with Gasteiger partial charge in [0.25, 0.3) is 0 Å². The van der Waals surface area contributed by atoms with Crippen LogP contribution < -0.4 is 10.1 Å². The van der Waals surface area contributed by atoms with E-state index in [9.17, 15) is 0 Å². The van der Waals surface area contributed by atoms with E-state index in [4.69, 9.17) is 4.74 Å². The molecule has 0 spiro atoms. The van der Waals surface area contributed by atoms with Crippen LogP contribution in [0.25, 0.3) is 0 Å². The molecule has 1 unspecified atom stereocenters. The number of pyridine rings is 1. The molecule has 0 aliphatic carbocycles. The van der Waals surface area contributed by atoms with E-state index < -0.39 is 0 Å². The Kier molecular flexibility index (Phi) is 5.12. The van der Waals surface area contributed by atoms with Gasteiger partial charge in [0, 0.05) is 6.04 Å². The van der Waals surface area contributed by atoms with E-state index >= 15 is 0 Å². The molecule has 15 heavy (non-hydrogen) atoms. The van der Waals surface area contributed by atoms with Crippen molar-refractivity contribution in [2.75, 3.05) is 13.7 Å². The van der Waals surface area contributed by atoms with Gasteiger partial charge in [0.15, 0.2) is 0 Å². The quantitative estimate of drug-likeness (QED) is 0.780. The summed E-state index contributed by atoms with van der Waals surface area (Å²) in [7, 11) is 1.96. The van der Waals surface area contributed by atoms with Crippen LogP contribution in [0.1, 0.15) is 38.4 Å². The van der Waals surface area contributed by atoms with Gasteiger partial charge in [-0.2, -0.15) is 0 Å². The maximum Gasteiger partial charge on any atom is 0.137 e. The van der Waals surface area contributed by atoms with Crippen LogP contribution >= 0.6 is 0 Å². The number of hydrogen-bond donors (Lipinski definition) is 1. The summed E-state index contributed by atoms with van der Waals surface area (Å²) in [5, 5.41) is 3.23. The lowest BCUT2D eigenvalue weighted by Gasteiger charge is -2.13. The zero-order valence-corrected chi connectivity index (χ0v) is 9.79. The molecule has 0 saturated carbocycles. The minimum absolute atomic E-state index is 0.338. The number of ether oxygens (including phenoxy) is 1. The number of hydrogen-bond acceptors (Lipinski definition) is 3. The van der Waals surface area contributed by atoms with Crippen molar-refractivity contribution in [1.82, 2.24) is 10.3 Å². The van der Waals surface area contributed by atoms with Crippen LogP contribution in [0.2, 0.25) is 0 Å². The van der Waals surface area contributed by atoms with E-state index in [1.165, 1.54) is 0 Å². The minimum atomic E-state index is 0.338. The van der Waals surface area contributed by atoms with E-state index in [0.717, 1.165) is 30.9 Å². The molecular formula is C12H20N2O. The highest BCUT2D eigenvalue weighted by Gasteiger charge is 2.07. The minimum Gasteiger partial charge on any atom is -0.492 e. The molecule has 3 heteroatoms. The highest BCUT2D eigenvalue weighted by atomic mass is 16.5. The summed E-state index contributed by atoms with van der Waals surface area (Å²) in [5.41, 5.74) is 1.07. The Hall–Kier alpha value is -1.09. The molecule has 0 aliphatic heterocycles. The second-order valence-electron chi connectivity index (χ2n) is 3.52. The Bertz CT molecular complexity index is 267. The summed E-state index contributed by atoms with van der Waals surface area (Å²) in [5.74, 6) is 0.853. The fraction of sp³-hybridized carbons (Fsp3) is 0.583. The van der Waals surface area contributed by atoms with E-state index in [1.807, 2.05) is 19.2 Å². The van der Waals surface area contributed by atoms with Crippen LogP contribution in [0.5, 0.6) is 5.75 Å². The van der Waals surface area contributed by atoms with Crippen molar-refractivity contribution in [1.29, 1.82) is 0 Å². The highest BCUT2D eigenvalue weighted by molar-refractivity contribution is 5.21. The van der Waals surface area contributed by atoms with Gasteiger partial charge in [-0.05, 0) is 32.0 Å². The van der Waals surface area contributed by atoms with Crippen molar-refractivity contribution in [3.8, 4) is 5.75 Å². The molecule has 0 radical (unpaired) electrons. The summed E-state index contributed by atoms with van der Waals surface area (Å²) in [6, 6.07) is 4.35. The first-order valence-electron chi connectivity index (χ1n) is 5.57. The van der Waals surface area contributed by atoms with Gasteiger partial charge in [-0.15, -0.1) is 0 Å². The smallest absolute Gasteiger partial charge is 0.137 e. The fourth-order valence-electron chi connectivity index (χ4n) is 1.46. The lowest BCUT2D eigenvalue weighted by atomic mass is 10.1. The first kappa shape index (κ1) is 12.0. The zero-order chi connectivity index (χ0) is 11.1. The summed E-state index contributed by atoms with van der Waals surface area (Å²) in [4.78, 5) is 4.39. The lowest BCUT2D eigenvalue weighted by Crippen LogP contribution is -2.16. The topological polar surface area (TPSA) is 34.1 Å². The Morgan fingerprint density at radius 1 is 1.40 bits per heavy atom. The summed E-state index contributed by atoms with van der Waals surface area (Å²) in [6.07, 6.45) is 3.86. The molecule has 0 saturated heterocycles. The van der Waals surface area contributed by atoms with Gasteiger partial charge < -0.3 is 10.1 Å². The third-order valence-corrected chi connectivity index (χ3v) is 2.35. The molecule has 1 N–H and O–H groups in total. The van der Waals surface area contributed by atoms with Crippen molar-refractivity contribution in [2.45, 2.75) is 32.7 Å². The summed E-state index contributed by atoms with van der Waals surface area (Å²) in [6.45, 7) is 4.99. The van der Waals surface area contributed by atoms with Crippen LogP contribution in [-0.2, 0) is 0 Å². The number of rotatable bonds is 6. The van der Waals surface area contributed by atoms with Gasteiger partial charge in [0.05, 0.1) is 18.5 Å². The van der Waals surface area contributed by atoms with Crippen molar-refractivity contribution >= 4 is 0 Å². The maximum atomic E-state index is 5.47. The molecule has 0 aliphatic rings. The van der Waals surface area contributed by atoms with Gasteiger partial charge in [-0.3, -0.25) is 4.98 Å². The standard InChI is InChI=1S/C12H20N2O/c1-4-8-15-10-6-7-12(14-9-10)11(5-2)13-3/h6-7,9,11,13H,4-5,8H2,1-3H3. The van der Waals surface area contributed by atoms with Gasteiger partial charge in [-0.1, -0.05) is 13.8 Å². The van der Waals surface area contributed by atoms with Crippen LogP contribution in [0.4, 0.5) is 0 Å². The Morgan fingerprint density at radius 2 is 2.20 bits per heavy atom. The number of nitrogens with zero attached hydrogens (tertiary/aromatic N) is 1. The van der Waals surface area contributed by atoms with Crippen LogP contribution in [0.15, 0.2) is 18.3 Å². The van der Waals surface area contributed by atoms with Crippen molar-refractivity contribution in [3.63, 3.8) is 0 Å². The molecule has 0 aromatic carbocycles. The largest absolute Gasteiger partial charge is 0.492 e. The third-order valence-electron chi connectivity index (χ3n) is 2.35. The van der Waals surface area contributed by atoms with E-state index in [2.05, 4.69) is 24.1 Å². The summed E-state index contributed by atoms with van der Waals surface area (Å²) < 4.78 is 5.47. The van der Waals surface area contributed by atoms with Gasteiger partial charge in [-0.25, -0.2) is 0 Å². The Balaban J connectivity index is 2.62. The molecular weight excluding hydrogens is 188 g/mol. The Morgan fingerprint density at radius 3 is 2.67 bits per heavy atom. The van der Waals surface area contributed by atoms with Gasteiger partial charge >= 0.3 is 0 Å². The monoisotopic (exact) mass is 208 g/mol. The molecule has 0 fully saturated rings. The molecule has 84 valence electrons. The normalized spacial score (nSPS) is 12.5. The molecule has 1 heterocycles. The zero-order valence-electron chi connectivity index (χ0n) is 9.79. The van der Waals surface area contributed by atoms with E-state index in [-0.39, 0.29) is 0 Å². The van der Waals surface area contributed by atoms with Gasteiger partial charge in [0.1, 0.15) is 5.75 Å². The third kappa shape index (κ3) is 3.51. The predicted molar refractivity (Wildman–Crippen MR) is 62.1 cm³/mol. The Labute approximate surface area is 91.9 Å². The van der Waals surface area contributed by atoms with E-state index in [0.29, 0.717) is 6.04 Å². The van der Waals surface area contributed by atoms with E-state index in [1.54, 1.807) is 6.20 Å². The van der Waals surface area contributed by atoms with Crippen molar-refractivity contribution in [2.24, 2.45) is 0 Å². The van der Waals surface area contributed by atoms with Crippen molar-refractivity contribution < 1.29 is 4.74 Å². The SMILES string of the molecule is CCCOc1ccc(C(CC)NC)nc1. The first-order valence-corrected chi connectivity index (χ1v) is 5.57. The first-order chi connectivity index (χ1) is 7.31. The average molecular weight is 208 g/mol. The fourth-order valence-corrected chi connectivity index (χ4v) is 1.46. The number of aromatic nitrogens is 1.